The lowest BCUT2D eigenvalue weighted by atomic mass is 10.1. The van der Waals surface area contributed by atoms with Gasteiger partial charge in [-0.15, -0.1) is 0 Å². The van der Waals surface area contributed by atoms with E-state index in [-0.39, 0.29) is 11.1 Å². The van der Waals surface area contributed by atoms with Gasteiger partial charge in [0.2, 0.25) is 0 Å². The number of carboxylic acids is 2. The van der Waals surface area contributed by atoms with E-state index in [1.54, 1.807) is 36.4 Å². The fourth-order valence-corrected chi connectivity index (χ4v) is 1.31. The van der Waals surface area contributed by atoms with Gasteiger partial charge in [0.25, 0.3) is 0 Å². The Kier molecular flexibility index (Phi) is 4.43. The normalized spacial score (nSPS) is 12.3. The molecule has 0 aliphatic heterocycles. The summed E-state index contributed by atoms with van der Waals surface area (Å²) in [6, 6.07) is 6.97. The van der Waals surface area contributed by atoms with Gasteiger partial charge in [0, 0.05) is 11.1 Å². The lowest BCUT2D eigenvalue weighted by Crippen LogP contribution is -1.96. The van der Waals surface area contributed by atoms with Crippen molar-refractivity contribution in [2.24, 2.45) is 0 Å². The molecule has 1 aromatic carbocycles. The fraction of sp³-hybridized carbons (Fsp3) is 0.143. The molecule has 2 N–H and O–H groups in total. The summed E-state index contributed by atoms with van der Waals surface area (Å²) in [4.78, 5) is 21.3. The third-order valence-corrected chi connectivity index (χ3v) is 2.38. The van der Waals surface area contributed by atoms with Gasteiger partial charge in [-0.2, -0.15) is 0 Å². The smallest absolute Gasteiger partial charge is 0.331 e. The van der Waals surface area contributed by atoms with Crippen LogP contribution in [0.1, 0.15) is 25.0 Å². The van der Waals surface area contributed by atoms with Crippen molar-refractivity contribution in [3.8, 4) is 0 Å². The summed E-state index contributed by atoms with van der Waals surface area (Å²) < 4.78 is 0. The van der Waals surface area contributed by atoms with Gasteiger partial charge in [0.1, 0.15) is 0 Å². The van der Waals surface area contributed by atoms with Crippen LogP contribution in [-0.4, -0.2) is 22.2 Å². The second-order valence-corrected chi connectivity index (χ2v) is 3.93. The summed E-state index contributed by atoms with van der Waals surface area (Å²) >= 11 is 0. The van der Waals surface area contributed by atoms with Gasteiger partial charge in [0.15, 0.2) is 0 Å². The van der Waals surface area contributed by atoms with Crippen molar-refractivity contribution < 1.29 is 19.8 Å². The highest BCUT2D eigenvalue weighted by molar-refractivity contribution is 5.92. The van der Waals surface area contributed by atoms with E-state index in [9.17, 15) is 9.59 Å². The Hall–Kier alpha value is -2.36. The van der Waals surface area contributed by atoms with E-state index in [4.69, 9.17) is 10.2 Å². The Bertz CT molecular complexity index is 472. The van der Waals surface area contributed by atoms with Crippen molar-refractivity contribution in [3.05, 3.63) is 46.5 Å². The van der Waals surface area contributed by atoms with Gasteiger partial charge in [-0.3, -0.25) is 0 Å². The first-order valence-electron chi connectivity index (χ1n) is 5.33. The molecule has 0 spiro atoms. The topological polar surface area (TPSA) is 74.6 Å². The number of carboxylic acid groups (broad SMARTS) is 2. The average Bonchev–Trinajstić information content (AvgIpc) is 2.31. The maximum Gasteiger partial charge on any atom is 0.331 e. The van der Waals surface area contributed by atoms with Gasteiger partial charge < -0.3 is 10.2 Å². The lowest BCUT2D eigenvalue weighted by Gasteiger charge is -1.99. The van der Waals surface area contributed by atoms with Crippen LogP contribution in [-0.2, 0) is 9.59 Å². The van der Waals surface area contributed by atoms with Crippen molar-refractivity contribution in [2.75, 3.05) is 0 Å². The largest absolute Gasteiger partial charge is 0.478 e. The first-order chi connectivity index (χ1) is 8.40. The first-order valence-corrected chi connectivity index (χ1v) is 5.33. The maximum absolute atomic E-state index is 10.6. The number of benzene rings is 1. The zero-order valence-corrected chi connectivity index (χ0v) is 10.2. The van der Waals surface area contributed by atoms with Crippen LogP contribution in [0.3, 0.4) is 0 Å². The van der Waals surface area contributed by atoms with Crippen LogP contribution in [0.2, 0.25) is 0 Å². The zero-order valence-electron chi connectivity index (χ0n) is 10.2. The molecule has 0 unspecified atom stereocenters. The molecule has 0 aliphatic rings. The SMILES string of the molecule is C/C(=C\c1ccc(/C=C(\C)C(=O)O)cc1)C(=O)O. The molecule has 0 bridgehead atoms. The van der Waals surface area contributed by atoms with E-state index in [0.717, 1.165) is 11.1 Å². The number of carbonyl (C=O) groups is 2. The van der Waals surface area contributed by atoms with Crippen molar-refractivity contribution in [3.63, 3.8) is 0 Å². The summed E-state index contributed by atoms with van der Waals surface area (Å²) in [5.41, 5.74) is 2.03. The van der Waals surface area contributed by atoms with Gasteiger partial charge in [0.05, 0.1) is 0 Å². The van der Waals surface area contributed by atoms with Crippen LogP contribution < -0.4 is 0 Å². The maximum atomic E-state index is 10.6. The summed E-state index contributed by atoms with van der Waals surface area (Å²) in [5.74, 6) is -1.92. The standard InChI is InChI=1S/C14H14O4/c1-9(13(15)16)7-11-3-5-12(6-4-11)8-10(2)14(17)18/h3-8H,1-2H3,(H,15,16)(H,17,18)/b9-7+,10-8+. The highest BCUT2D eigenvalue weighted by atomic mass is 16.4. The Labute approximate surface area is 105 Å². The van der Waals surface area contributed by atoms with Crippen LogP contribution in [0.4, 0.5) is 0 Å². The van der Waals surface area contributed by atoms with E-state index < -0.39 is 11.9 Å². The molecule has 0 fully saturated rings. The molecule has 0 saturated heterocycles. The van der Waals surface area contributed by atoms with E-state index >= 15 is 0 Å². The number of hydrogen-bond acceptors (Lipinski definition) is 2. The molecule has 0 aromatic heterocycles. The molecule has 0 radical (unpaired) electrons. The van der Waals surface area contributed by atoms with E-state index in [0.29, 0.717) is 0 Å². The molecular formula is C14H14O4. The van der Waals surface area contributed by atoms with Crippen molar-refractivity contribution >= 4 is 24.1 Å². The van der Waals surface area contributed by atoms with Crippen LogP contribution in [0.15, 0.2) is 35.4 Å². The first kappa shape index (κ1) is 13.7. The average molecular weight is 246 g/mol. The van der Waals surface area contributed by atoms with E-state index in [1.807, 2.05) is 0 Å². The van der Waals surface area contributed by atoms with E-state index in [1.165, 1.54) is 13.8 Å². The van der Waals surface area contributed by atoms with Crippen molar-refractivity contribution in [1.82, 2.24) is 0 Å². The molecule has 1 rings (SSSR count). The molecule has 18 heavy (non-hydrogen) atoms. The summed E-state index contributed by atoms with van der Waals surface area (Å²) in [5, 5.41) is 17.5. The molecule has 0 heterocycles. The molecule has 0 aliphatic carbocycles. The van der Waals surface area contributed by atoms with Gasteiger partial charge in [-0.1, -0.05) is 24.3 Å². The second kappa shape index (κ2) is 5.82. The molecule has 1 aromatic rings. The molecule has 0 atom stereocenters. The Morgan fingerprint density at radius 2 is 1.11 bits per heavy atom. The van der Waals surface area contributed by atoms with Gasteiger partial charge in [-0.05, 0) is 37.1 Å². The highest BCUT2D eigenvalue weighted by Gasteiger charge is 2.01. The minimum atomic E-state index is -0.958. The third-order valence-electron chi connectivity index (χ3n) is 2.38. The summed E-state index contributed by atoms with van der Waals surface area (Å²) in [6.07, 6.45) is 3.11. The molecule has 94 valence electrons. The number of hydrogen-bond donors (Lipinski definition) is 2. The summed E-state index contributed by atoms with van der Waals surface area (Å²) in [7, 11) is 0. The molecular weight excluding hydrogens is 232 g/mol. The Balaban J connectivity index is 2.94. The van der Waals surface area contributed by atoms with Crippen LogP contribution in [0.5, 0.6) is 0 Å². The third kappa shape index (κ3) is 3.90. The van der Waals surface area contributed by atoms with Crippen LogP contribution in [0, 0.1) is 0 Å². The number of aliphatic carboxylic acids is 2. The second-order valence-electron chi connectivity index (χ2n) is 3.93. The predicted octanol–water partition coefficient (Wildman–Crippen LogP) is 2.66. The highest BCUT2D eigenvalue weighted by Crippen LogP contribution is 2.12. The van der Waals surface area contributed by atoms with Gasteiger partial charge in [-0.25, -0.2) is 9.59 Å². The quantitative estimate of drug-likeness (QED) is 0.801. The van der Waals surface area contributed by atoms with Crippen LogP contribution >= 0.6 is 0 Å². The van der Waals surface area contributed by atoms with E-state index in [2.05, 4.69) is 0 Å². The van der Waals surface area contributed by atoms with Crippen LogP contribution in [0.25, 0.3) is 12.2 Å². The zero-order chi connectivity index (χ0) is 13.7. The van der Waals surface area contributed by atoms with Crippen molar-refractivity contribution in [2.45, 2.75) is 13.8 Å². The lowest BCUT2D eigenvalue weighted by molar-refractivity contribution is -0.133. The predicted molar refractivity (Wildman–Crippen MR) is 69.0 cm³/mol. The molecule has 4 nitrogen and oxygen atoms in total. The monoisotopic (exact) mass is 246 g/mol. The fourth-order valence-electron chi connectivity index (χ4n) is 1.31. The molecule has 0 amide bonds. The summed E-state index contributed by atoms with van der Waals surface area (Å²) in [6.45, 7) is 3.04. The minimum Gasteiger partial charge on any atom is -0.478 e. The van der Waals surface area contributed by atoms with Crippen molar-refractivity contribution in [1.29, 1.82) is 0 Å². The Morgan fingerprint density at radius 3 is 1.33 bits per heavy atom. The molecule has 0 saturated carbocycles. The minimum absolute atomic E-state index is 0.250. The van der Waals surface area contributed by atoms with Gasteiger partial charge >= 0.3 is 11.9 Å². The Morgan fingerprint density at radius 1 is 0.833 bits per heavy atom. The molecule has 4 heteroatoms. The number of rotatable bonds is 4.